The van der Waals surface area contributed by atoms with Gasteiger partial charge in [0.1, 0.15) is 17.5 Å². The molecule has 2 fully saturated rings. The summed E-state index contributed by atoms with van der Waals surface area (Å²) < 4.78 is 17.8. The molecule has 0 aromatic heterocycles. The van der Waals surface area contributed by atoms with Crippen LogP contribution >= 0.6 is 0 Å². The highest BCUT2D eigenvalue weighted by Crippen LogP contribution is 2.63. The maximum absolute atomic E-state index is 12.9. The van der Waals surface area contributed by atoms with Gasteiger partial charge < -0.3 is 14.2 Å². The Balaban J connectivity index is 1.87. The molecule has 4 aliphatic heterocycles. The molecule has 0 unspecified atom stereocenters. The third-order valence-corrected chi connectivity index (χ3v) is 5.58. The highest BCUT2D eigenvalue weighted by atomic mass is 16.6. The number of carbonyl (C=O) groups excluding carboxylic acids is 2. The lowest BCUT2D eigenvalue weighted by Crippen LogP contribution is -2.53. The molecular formula is C18H22O5. The minimum Gasteiger partial charge on any atom is -0.451 e. The molecule has 2 spiro atoms. The molecule has 0 amide bonds. The van der Waals surface area contributed by atoms with E-state index >= 15 is 0 Å². The second-order valence-electron chi connectivity index (χ2n) is 8.27. The molecule has 5 heteroatoms. The Morgan fingerprint density at radius 1 is 1.35 bits per heavy atom. The van der Waals surface area contributed by atoms with E-state index in [2.05, 4.69) is 0 Å². The first-order valence-corrected chi connectivity index (χ1v) is 8.19. The van der Waals surface area contributed by atoms with Crippen LogP contribution in [-0.4, -0.2) is 29.2 Å². The van der Waals surface area contributed by atoms with Crippen molar-refractivity contribution in [3.8, 4) is 0 Å². The van der Waals surface area contributed by atoms with Crippen molar-refractivity contribution in [2.24, 2.45) is 10.8 Å². The number of ether oxygens (including phenoxy) is 3. The van der Waals surface area contributed by atoms with Crippen molar-refractivity contribution in [2.45, 2.75) is 64.3 Å². The van der Waals surface area contributed by atoms with Crippen LogP contribution in [0.5, 0.6) is 0 Å². The quantitative estimate of drug-likeness (QED) is 0.549. The van der Waals surface area contributed by atoms with E-state index in [4.69, 9.17) is 14.2 Å². The monoisotopic (exact) mass is 318 g/mol. The van der Waals surface area contributed by atoms with Crippen LogP contribution in [0, 0.1) is 10.8 Å². The molecule has 1 saturated heterocycles. The van der Waals surface area contributed by atoms with E-state index in [9.17, 15) is 9.59 Å². The van der Waals surface area contributed by atoms with E-state index in [-0.39, 0.29) is 18.0 Å². The number of esters is 2. The minimum atomic E-state index is -1.03. The van der Waals surface area contributed by atoms with Gasteiger partial charge in [-0.3, -0.25) is 9.59 Å². The lowest BCUT2D eigenvalue weighted by molar-refractivity contribution is -0.173. The van der Waals surface area contributed by atoms with E-state index in [1.807, 2.05) is 12.2 Å². The largest absolute Gasteiger partial charge is 0.451 e. The summed E-state index contributed by atoms with van der Waals surface area (Å²) in [6.07, 6.45) is 7.55. The number of rotatable bonds is 1. The predicted octanol–water partition coefficient (Wildman–Crippen LogP) is 2.65. The molecule has 23 heavy (non-hydrogen) atoms. The molecule has 1 saturated carbocycles. The van der Waals surface area contributed by atoms with E-state index in [1.54, 1.807) is 33.8 Å². The minimum absolute atomic E-state index is 0.330. The molecule has 0 aromatic rings. The maximum Gasteiger partial charge on any atom is 0.324 e. The van der Waals surface area contributed by atoms with Crippen LogP contribution < -0.4 is 0 Å². The van der Waals surface area contributed by atoms with Gasteiger partial charge in [-0.15, -0.1) is 0 Å². The normalized spacial score (nSPS) is 43.7. The second kappa shape index (κ2) is 4.07. The van der Waals surface area contributed by atoms with Crippen LogP contribution in [-0.2, 0) is 23.8 Å². The van der Waals surface area contributed by atoms with Crippen molar-refractivity contribution >= 4 is 11.9 Å². The van der Waals surface area contributed by atoms with Crippen molar-refractivity contribution in [1.29, 1.82) is 0 Å². The van der Waals surface area contributed by atoms with Crippen LogP contribution in [0.3, 0.4) is 0 Å². The average molecular weight is 318 g/mol. The molecule has 4 bridgehead atoms. The Labute approximate surface area is 135 Å². The van der Waals surface area contributed by atoms with E-state index in [1.165, 1.54) is 0 Å². The average Bonchev–Trinajstić information content (AvgIpc) is 2.99. The lowest BCUT2D eigenvalue weighted by Gasteiger charge is -2.42. The summed E-state index contributed by atoms with van der Waals surface area (Å²) in [5, 5.41) is 0. The lowest BCUT2D eigenvalue weighted by atomic mass is 9.69. The molecular weight excluding hydrogens is 296 g/mol. The third-order valence-electron chi connectivity index (χ3n) is 5.58. The summed E-state index contributed by atoms with van der Waals surface area (Å²) in [6, 6.07) is 0. The molecule has 5 nitrogen and oxygen atoms in total. The molecule has 5 rings (SSSR count). The first-order valence-electron chi connectivity index (χ1n) is 8.19. The molecule has 4 atom stereocenters. The van der Waals surface area contributed by atoms with Gasteiger partial charge in [0.25, 0.3) is 0 Å². The van der Waals surface area contributed by atoms with Crippen molar-refractivity contribution in [3.63, 3.8) is 0 Å². The van der Waals surface area contributed by atoms with Gasteiger partial charge in [-0.1, -0.05) is 12.2 Å². The van der Waals surface area contributed by atoms with E-state index < -0.39 is 22.0 Å². The van der Waals surface area contributed by atoms with Gasteiger partial charge in [-0.05, 0) is 47.0 Å². The number of fused-ring (bicyclic) bond motifs is 1. The maximum atomic E-state index is 12.9. The van der Waals surface area contributed by atoms with Crippen molar-refractivity contribution < 1.29 is 23.8 Å². The first-order chi connectivity index (χ1) is 10.6. The molecule has 1 aliphatic carbocycles. The fraction of sp³-hybridized carbons (Fsp3) is 0.667. The zero-order valence-corrected chi connectivity index (χ0v) is 14.0. The Morgan fingerprint density at radius 2 is 2.09 bits per heavy atom. The van der Waals surface area contributed by atoms with Gasteiger partial charge in [-0.2, -0.15) is 0 Å². The number of hydrogen-bond donors (Lipinski definition) is 0. The molecule has 0 N–H and O–H groups in total. The Morgan fingerprint density at radius 3 is 2.78 bits per heavy atom. The Kier molecular flexibility index (Phi) is 2.64. The van der Waals surface area contributed by atoms with Crippen LogP contribution in [0.15, 0.2) is 24.0 Å². The first kappa shape index (κ1) is 14.9. The summed E-state index contributed by atoms with van der Waals surface area (Å²) in [6.45, 7) is 7.21. The van der Waals surface area contributed by atoms with Crippen LogP contribution in [0.1, 0.15) is 47.0 Å². The van der Waals surface area contributed by atoms with Gasteiger partial charge in [0.15, 0.2) is 11.0 Å². The smallest absolute Gasteiger partial charge is 0.324 e. The van der Waals surface area contributed by atoms with Crippen molar-refractivity contribution in [2.75, 3.05) is 0 Å². The van der Waals surface area contributed by atoms with Crippen molar-refractivity contribution in [3.05, 3.63) is 24.0 Å². The third kappa shape index (κ3) is 1.66. The SMILES string of the molecule is CC(C)(C)C(=O)OC1=C[C@]2(C)OC(=O)[C@]13CCC[C@@]31C=C[C@@H]2O1. The van der Waals surface area contributed by atoms with Crippen LogP contribution in [0.2, 0.25) is 0 Å². The van der Waals surface area contributed by atoms with Gasteiger partial charge in [0.2, 0.25) is 0 Å². The number of hydrogen-bond acceptors (Lipinski definition) is 5. The van der Waals surface area contributed by atoms with Gasteiger partial charge in [-0.25, -0.2) is 0 Å². The van der Waals surface area contributed by atoms with E-state index in [0.29, 0.717) is 12.2 Å². The van der Waals surface area contributed by atoms with Crippen LogP contribution in [0.4, 0.5) is 0 Å². The molecule has 0 radical (unpaired) electrons. The molecule has 124 valence electrons. The molecule has 4 heterocycles. The molecule has 0 aromatic carbocycles. The topological polar surface area (TPSA) is 61.8 Å². The molecule has 5 aliphatic rings. The second-order valence-corrected chi connectivity index (χ2v) is 8.27. The fourth-order valence-electron chi connectivity index (χ4n) is 4.20. The summed E-state index contributed by atoms with van der Waals surface area (Å²) in [4.78, 5) is 25.4. The summed E-state index contributed by atoms with van der Waals surface area (Å²) in [5.41, 5.74) is -3.35. The van der Waals surface area contributed by atoms with E-state index in [0.717, 1.165) is 12.8 Å². The van der Waals surface area contributed by atoms with Crippen LogP contribution in [0.25, 0.3) is 0 Å². The zero-order chi connectivity index (χ0) is 16.7. The van der Waals surface area contributed by atoms with Gasteiger partial charge in [0.05, 0.1) is 5.41 Å². The highest BCUT2D eigenvalue weighted by Gasteiger charge is 2.72. The zero-order valence-electron chi connectivity index (χ0n) is 14.0. The van der Waals surface area contributed by atoms with Gasteiger partial charge >= 0.3 is 11.9 Å². The highest BCUT2D eigenvalue weighted by molar-refractivity contribution is 5.88. The fourth-order valence-corrected chi connectivity index (χ4v) is 4.20. The summed E-state index contributed by atoms with van der Waals surface area (Å²) >= 11 is 0. The summed E-state index contributed by atoms with van der Waals surface area (Å²) in [5.74, 6) is -0.256. The van der Waals surface area contributed by atoms with Gasteiger partial charge in [0, 0.05) is 6.08 Å². The summed E-state index contributed by atoms with van der Waals surface area (Å²) in [7, 11) is 0. The van der Waals surface area contributed by atoms with Crippen molar-refractivity contribution in [1.82, 2.24) is 0 Å². The number of carbonyl (C=O) groups is 2. The predicted molar refractivity (Wildman–Crippen MR) is 81.2 cm³/mol. The Hall–Kier alpha value is -1.62. The standard InChI is InChI=1S/C18H22O5/c1-15(2,3)13(19)21-12-10-16(4)11-6-9-17(22-11)7-5-8-18(12,17)14(20)23-16/h6,9-11H,5,7-8H2,1-4H3/t11-,16-,17+,18-/m0/s1. The Bertz CT molecular complexity index is 669.